The van der Waals surface area contributed by atoms with Crippen LogP contribution in [-0.2, 0) is 22.4 Å². The van der Waals surface area contributed by atoms with Gasteiger partial charge in [0.1, 0.15) is 11.1 Å². The molecule has 0 fully saturated rings. The highest BCUT2D eigenvalue weighted by Gasteiger charge is 2.24. The molecule has 7 heteroatoms. The minimum atomic E-state index is -1.04. The van der Waals surface area contributed by atoms with Crippen molar-refractivity contribution in [2.24, 2.45) is 0 Å². The first-order chi connectivity index (χ1) is 13.5. The fourth-order valence-corrected chi connectivity index (χ4v) is 4.40. The van der Waals surface area contributed by atoms with Gasteiger partial charge in [-0.05, 0) is 56.4 Å². The molecule has 6 nitrogen and oxygen atoms in total. The minimum Gasteiger partial charge on any atom is -0.449 e. The first-order valence-corrected chi connectivity index (χ1v) is 9.91. The molecule has 1 atom stereocenters. The summed E-state index contributed by atoms with van der Waals surface area (Å²) in [6.45, 7) is 1.48. The molecule has 0 saturated carbocycles. The maximum absolute atomic E-state index is 12.5. The van der Waals surface area contributed by atoms with E-state index < -0.39 is 18.0 Å². The average molecular weight is 393 g/mol. The lowest BCUT2D eigenvalue weighted by atomic mass is 10.1. The van der Waals surface area contributed by atoms with E-state index in [4.69, 9.17) is 10.00 Å². The molecule has 1 amide bonds. The second kappa shape index (κ2) is 8.69. The molecule has 1 N–H and O–H groups in total. The van der Waals surface area contributed by atoms with Crippen LogP contribution in [0.5, 0.6) is 0 Å². The molecule has 3 rings (SSSR count). The van der Waals surface area contributed by atoms with Crippen LogP contribution in [0.2, 0.25) is 0 Å². The first kappa shape index (κ1) is 19.6. The Morgan fingerprint density at radius 3 is 2.71 bits per heavy atom. The van der Waals surface area contributed by atoms with Crippen molar-refractivity contribution in [2.75, 3.05) is 5.32 Å². The van der Waals surface area contributed by atoms with Crippen LogP contribution in [0.25, 0.3) is 0 Å². The zero-order chi connectivity index (χ0) is 20.1. The Morgan fingerprint density at radius 2 is 1.96 bits per heavy atom. The van der Waals surface area contributed by atoms with Crippen molar-refractivity contribution in [2.45, 2.75) is 45.1 Å². The molecule has 28 heavy (non-hydrogen) atoms. The number of thiophene rings is 1. The number of carbonyl (C=O) groups is 2. The van der Waals surface area contributed by atoms with Crippen LogP contribution in [0.1, 0.15) is 58.1 Å². The second-order valence-electron chi connectivity index (χ2n) is 6.61. The number of carbonyl (C=O) groups excluding carboxylic acids is 2. The van der Waals surface area contributed by atoms with Gasteiger partial charge in [-0.3, -0.25) is 4.79 Å². The number of benzene rings is 1. The fourth-order valence-electron chi connectivity index (χ4n) is 3.16. The summed E-state index contributed by atoms with van der Waals surface area (Å²) in [5.41, 5.74) is 2.11. The molecule has 1 aliphatic rings. The summed E-state index contributed by atoms with van der Waals surface area (Å²) in [5, 5.41) is 21.7. The van der Waals surface area contributed by atoms with Crippen molar-refractivity contribution in [3.63, 3.8) is 0 Å². The van der Waals surface area contributed by atoms with Crippen LogP contribution in [-0.4, -0.2) is 18.0 Å². The Morgan fingerprint density at radius 1 is 1.18 bits per heavy atom. The highest BCUT2D eigenvalue weighted by Crippen LogP contribution is 2.37. The van der Waals surface area contributed by atoms with Crippen LogP contribution < -0.4 is 5.32 Å². The summed E-state index contributed by atoms with van der Waals surface area (Å²) < 4.78 is 5.23. The number of nitrogens with one attached hydrogen (secondary N) is 1. The standard InChI is InChI=1S/C21H19N3O3S/c1-13(27-21(26)15-7-5-6-14(10-15)11-22)19(25)24-20-17(12-23)16-8-3-2-4-9-18(16)28-20/h5-7,10,13H,2-4,8-9H2,1H3,(H,24,25)/t13-/m0/s1. The van der Waals surface area contributed by atoms with E-state index in [1.807, 2.05) is 6.07 Å². The summed E-state index contributed by atoms with van der Waals surface area (Å²) in [5.74, 6) is -1.17. The molecule has 0 spiro atoms. The minimum absolute atomic E-state index is 0.208. The van der Waals surface area contributed by atoms with Gasteiger partial charge in [0, 0.05) is 4.88 Å². The van der Waals surface area contributed by atoms with Crippen molar-refractivity contribution < 1.29 is 14.3 Å². The Labute approximate surface area is 167 Å². The van der Waals surface area contributed by atoms with Gasteiger partial charge in [0.15, 0.2) is 6.10 Å². The van der Waals surface area contributed by atoms with Crippen LogP contribution in [0.4, 0.5) is 5.00 Å². The van der Waals surface area contributed by atoms with E-state index >= 15 is 0 Å². The molecule has 0 aliphatic heterocycles. The van der Waals surface area contributed by atoms with E-state index in [1.54, 1.807) is 12.1 Å². The van der Waals surface area contributed by atoms with Gasteiger partial charge in [0.25, 0.3) is 5.91 Å². The molecule has 142 valence electrons. The van der Waals surface area contributed by atoms with E-state index in [9.17, 15) is 14.9 Å². The van der Waals surface area contributed by atoms with Gasteiger partial charge in [0.2, 0.25) is 0 Å². The van der Waals surface area contributed by atoms with Crippen molar-refractivity contribution in [3.05, 3.63) is 51.4 Å². The molecule has 1 heterocycles. The van der Waals surface area contributed by atoms with Crippen LogP contribution in [0.3, 0.4) is 0 Å². The number of anilines is 1. The summed E-state index contributed by atoms with van der Waals surface area (Å²) >= 11 is 1.43. The maximum atomic E-state index is 12.5. The number of nitrogens with zero attached hydrogens (tertiary/aromatic N) is 2. The van der Waals surface area contributed by atoms with Crippen molar-refractivity contribution in [3.8, 4) is 12.1 Å². The molecule has 0 bridgehead atoms. The van der Waals surface area contributed by atoms with Crippen LogP contribution in [0.15, 0.2) is 24.3 Å². The number of nitriles is 2. The topological polar surface area (TPSA) is 103 Å². The number of hydrogen-bond acceptors (Lipinski definition) is 6. The molecule has 0 unspecified atom stereocenters. The van der Waals surface area contributed by atoms with Gasteiger partial charge in [-0.2, -0.15) is 10.5 Å². The summed E-state index contributed by atoms with van der Waals surface area (Å²) in [6, 6.07) is 10.3. The molecule has 1 aromatic heterocycles. The number of fused-ring (bicyclic) bond motifs is 1. The highest BCUT2D eigenvalue weighted by atomic mass is 32.1. The predicted octanol–water partition coefficient (Wildman–Crippen LogP) is 3.94. The number of hydrogen-bond donors (Lipinski definition) is 1. The van der Waals surface area contributed by atoms with E-state index in [0.29, 0.717) is 16.1 Å². The third-order valence-corrected chi connectivity index (χ3v) is 5.86. The van der Waals surface area contributed by atoms with Crippen molar-refractivity contribution in [1.29, 1.82) is 10.5 Å². The van der Waals surface area contributed by atoms with Gasteiger partial charge in [-0.25, -0.2) is 4.79 Å². The third kappa shape index (κ3) is 4.21. The SMILES string of the molecule is C[C@H](OC(=O)c1cccc(C#N)c1)C(=O)Nc1sc2c(c1C#N)CCCCC2. The second-order valence-corrected chi connectivity index (χ2v) is 7.71. The lowest BCUT2D eigenvalue weighted by Crippen LogP contribution is -2.30. The van der Waals surface area contributed by atoms with Gasteiger partial charge in [0.05, 0.1) is 22.8 Å². The fraction of sp³-hybridized carbons (Fsp3) is 0.333. The Balaban J connectivity index is 1.70. The van der Waals surface area contributed by atoms with E-state index in [1.165, 1.54) is 30.4 Å². The summed E-state index contributed by atoms with van der Waals surface area (Å²) in [7, 11) is 0. The van der Waals surface area contributed by atoms with E-state index in [0.717, 1.165) is 42.5 Å². The van der Waals surface area contributed by atoms with Gasteiger partial charge in [-0.15, -0.1) is 11.3 Å². The first-order valence-electron chi connectivity index (χ1n) is 9.10. The highest BCUT2D eigenvalue weighted by molar-refractivity contribution is 7.16. The smallest absolute Gasteiger partial charge is 0.338 e. The zero-order valence-electron chi connectivity index (χ0n) is 15.4. The van der Waals surface area contributed by atoms with Crippen molar-refractivity contribution in [1.82, 2.24) is 0 Å². The molecule has 1 aromatic carbocycles. The van der Waals surface area contributed by atoms with Gasteiger partial charge in [-0.1, -0.05) is 12.5 Å². The average Bonchev–Trinajstić information content (AvgIpc) is 2.86. The van der Waals surface area contributed by atoms with Gasteiger partial charge >= 0.3 is 5.97 Å². The largest absolute Gasteiger partial charge is 0.449 e. The summed E-state index contributed by atoms with van der Waals surface area (Å²) in [6.07, 6.45) is 4.01. The van der Waals surface area contributed by atoms with Crippen LogP contribution in [0, 0.1) is 22.7 Å². The number of esters is 1. The maximum Gasteiger partial charge on any atom is 0.338 e. The predicted molar refractivity (Wildman–Crippen MR) is 105 cm³/mol. The normalized spacial score (nSPS) is 14.0. The number of aryl methyl sites for hydroxylation is 1. The van der Waals surface area contributed by atoms with E-state index in [2.05, 4.69) is 11.4 Å². The monoisotopic (exact) mass is 393 g/mol. The van der Waals surface area contributed by atoms with Gasteiger partial charge < -0.3 is 10.1 Å². The summed E-state index contributed by atoms with van der Waals surface area (Å²) in [4.78, 5) is 25.9. The van der Waals surface area contributed by atoms with Crippen LogP contribution >= 0.6 is 11.3 Å². The lowest BCUT2D eigenvalue weighted by Gasteiger charge is -2.13. The third-order valence-electron chi connectivity index (χ3n) is 4.65. The number of rotatable bonds is 4. The van der Waals surface area contributed by atoms with E-state index in [-0.39, 0.29) is 5.56 Å². The zero-order valence-corrected chi connectivity index (χ0v) is 16.3. The molecule has 2 aromatic rings. The molecular weight excluding hydrogens is 374 g/mol. The number of ether oxygens (including phenoxy) is 1. The lowest BCUT2D eigenvalue weighted by molar-refractivity contribution is -0.123. The Hall–Kier alpha value is -3.16. The Bertz CT molecular complexity index is 997. The van der Waals surface area contributed by atoms with Crippen molar-refractivity contribution >= 4 is 28.2 Å². The molecular formula is C21H19N3O3S. The molecule has 0 saturated heterocycles. The quantitative estimate of drug-likeness (QED) is 0.626. The Kier molecular flexibility index (Phi) is 6.08. The molecule has 0 radical (unpaired) electrons. The number of amides is 1. The molecule has 1 aliphatic carbocycles.